The molecule has 4 nitrogen and oxygen atoms in total. The van der Waals surface area contributed by atoms with Gasteiger partial charge in [-0.3, -0.25) is 0 Å². The molecule has 0 aliphatic heterocycles. The number of nitrogens with one attached hydrogen (secondary N) is 1. The number of methoxy groups -OCH3 is 1. The molecule has 18 heavy (non-hydrogen) atoms. The number of nitrogens with two attached hydrogens (primary N) is 1. The normalized spacial score (nSPS) is 11.1. The first-order valence-corrected chi connectivity index (χ1v) is 5.58. The third-order valence-electron chi connectivity index (χ3n) is 2.48. The second-order valence-electron chi connectivity index (χ2n) is 3.67. The lowest BCUT2D eigenvalue weighted by atomic mass is 10.2. The Kier molecular flexibility index (Phi) is 3.94. The largest absolute Gasteiger partial charge is 0.497 e. The van der Waals surface area contributed by atoms with Crippen molar-refractivity contribution >= 4 is 11.5 Å². The van der Waals surface area contributed by atoms with Crippen LogP contribution in [-0.4, -0.2) is 12.9 Å². The summed E-state index contributed by atoms with van der Waals surface area (Å²) in [5, 5.41) is 0. The number of hydrogen-bond donors (Lipinski definition) is 2. The Morgan fingerprint density at radius 2 is 1.89 bits per heavy atom. The van der Waals surface area contributed by atoms with Gasteiger partial charge in [-0.05, 0) is 24.3 Å². The van der Waals surface area contributed by atoms with Crippen LogP contribution in [0.25, 0.3) is 0 Å². The molecule has 2 aromatic rings. The highest BCUT2D eigenvalue weighted by Gasteiger charge is 2.03. The van der Waals surface area contributed by atoms with Crippen LogP contribution in [0.15, 0.2) is 59.6 Å². The van der Waals surface area contributed by atoms with Crippen LogP contribution >= 0.6 is 0 Å². The predicted octanol–water partition coefficient (Wildman–Crippen LogP) is 2.24. The van der Waals surface area contributed by atoms with Crippen LogP contribution in [0.2, 0.25) is 0 Å². The minimum Gasteiger partial charge on any atom is -0.497 e. The van der Waals surface area contributed by atoms with E-state index in [1.807, 2.05) is 54.6 Å². The van der Waals surface area contributed by atoms with Crippen molar-refractivity contribution in [1.82, 2.24) is 5.43 Å². The highest BCUT2D eigenvalue weighted by atomic mass is 16.5. The molecule has 0 atom stereocenters. The Bertz CT molecular complexity index is 538. The maximum atomic E-state index is 5.52. The molecule has 4 heteroatoms. The predicted molar refractivity (Wildman–Crippen MR) is 73.0 cm³/mol. The van der Waals surface area contributed by atoms with Gasteiger partial charge in [-0.25, -0.2) is 10.8 Å². The van der Waals surface area contributed by atoms with Gasteiger partial charge in [0.05, 0.1) is 12.8 Å². The minimum atomic E-state index is 0.597. The minimum absolute atomic E-state index is 0.597. The van der Waals surface area contributed by atoms with Gasteiger partial charge in [0.2, 0.25) is 0 Å². The molecule has 3 N–H and O–H groups in total. The molecule has 0 bridgehead atoms. The fraction of sp³-hybridized carbons (Fsp3) is 0.0714. The topological polar surface area (TPSA) is 59.6 Å². The molecular formula is C14H15N3O. The molecule has 0 aromatic heterocycles. The molecule has 0 spiro atoms. The van der Waals surface area contributed by atoms with E-state index in [1.165, 1.54) is 0 Å². The Morgan fingerprint density at radius 3 is 2.56 bits per heavy atom. The van der Waals surface area contributed by atoms with Crippen LogP contribution in [0.5, 0.6) is 5.75 Å². The number of ether oxygens (including phenoxy) is 1. The number of para-hydroxylation sites is 1. The Morgan fingerprint density at radius 1 is 1.11 bits per heavy atom. The van der Waals surface area contributed by atoms with Gasteiger partial charge < -0.3 is 10.2 Å². The van der Waals surface area contributed by atoms with Crippen molar-refractivity contribution in [3.05, 3.63) is 60.2 Å². The van der Waals surface area contributed by atoms with Crippen molar-refractivity contribution in [3.63, 3.8) is 0 Å². The van der Waals surface area contributed by atoms with E-state index in [4.69, 9.17) is 10.6 Å². The van der Waals surface area contributed by atoms with E-state index in [0.29, 0.717) is 5.84 Å². The van der Waals surface area contributed by atoms with E-state index in [9.17, 15) is 0 Å². The molecule has 0 aliphatic rings. The van der Waals surface area contributed by atoms with E-state index >= 15 is 0 Å². The Labute approximate surface area is 106 Å². The fourth-order valence-corrected chi connectivity index (χ4v) is 1.58. The van der Waals surface area contributed by atoms with Gasteiger partial charge in [0.1, 0.15) is 11.6 Å². The van der Waals surface area contributed by atoms with Crippen LogP contribution in [0.3, 0.4) is 0 Å². The third-order valence-corrected chi connectivity index (χ3v) is 2.48. The van der Waals surface area contributed by atoms with E-state index in [-0.39, 0.29) is 0 Å². The second kappa shape index (κ2) is 5.84. The standard InChI is InChI=1S/C14H15N3O/c1-18-13-9-5-6-11(10-13)14(17-15)16-12-7-3-2-4-8-12/h2-10H,15H2,1H3,(H,16,17). The summed E-state index contributed by atoms with van der Waals surface area (Å²) in [6.45, 7) is 0. The van der Waals surface area contributed by atoms with Gasteiger partial charge in [-0.2, -0.15) is 0 Å². The van der Waals surface area contributed by atoms with Crippen molar-refractivity contribution < 1.29 is 4.74 Å². The summed E-state index contributed by atoms with van der Waals surface area (Å²) >= 11 is 0. The number of hydrazine groups is 1. The van der Waals surface area contributed by atoms with Gasteiger partial charge >= 0.3 is 0 Å². The van der Waals surface area contributed by atoms with Gasteiger partial charge in [0, 0.05) is 5.56 Å². The van der Waals surface area contributed by atoms with E-state index in [1.54, 1.807) is 7.11 Å². The Balaban J connectivity index is 2.36. The quantitative estimate of drug-likeness (QED) is 0.375. The highest BCUT2D eigenvalue weighted by molar-refractivity contribution is 6.00. The number of rotatable bonds is 3. The number of nitrogens with zero attached hydrogens (tertiary/aromatic N) is 1. The fourth-order valence-electron chi connectivity index (χ4n) is 1.58. The maximum Gasteiger partial charge on any atom is 0.148 e. The number of amidine groups is 1. The lowest BCUT2D eigenvalue weighted by molar-refractivity contribution is 0.414. The van der Waals surface area contributed by atoms with Gasteiger partial charge in [0.25, 0.3) is 0 Å². The van der Waals surface area contributed by atoms with E-state index < -0.39 is 0 Å². The van der Waals surface area contributed by atoms with Crippen LogP contribution in [0.1, 0.15) is 5.56 Å². The molecule has 0 saturated heterocycles. The van der Waals surface area contributed by atoms with Gasteiger partial charge in [0.15, 0.2) is 0 Å². The van der Waals surface area contributed by atoms with Crippen molar-refractivity contribution in [2.45, 2.75) is 0 Å². The molecule has 0 radical (unpaired) electrons. The molecule has 0 aliphatic carbocycles. The maximum absolute atomic E-state index is 5.52. The summed E-state index contributed by atoms with van der Waals surface area (Å²) in [7, 11) is 1.63. The lowest BCUT2D eigenvalue weighted by Gasteiger charge is -2.07. The SMILES string of the molecule is COc1cccc(C(=Nc2ccccc2)NN)c1. The highest BCUT2D eigenvalue weighted by Crippen LogP contribution is 2.15. The van der Waals surface area contributed by atoms with Gasteiger partial charge in [-0.15, -0.1) is 0 Å². The average Bonchev–Trinajstić information content (AvgIpc) is 2.46. The van der Waals surface area contributed by atoms with Crippen LogP contribution in [0.4, 0.5) is 5.69 Å². The lowest BCUT2D eigenvalue weighted by Crippen LogP contribution is -2.30. The average molecular weight is 241 g/mol. The molecule has 0 fully saturated rings. The van der Waals surface area contributed by atoms with Crippen LogP contribution < -0.4 is 16.0 Å². The van der Waals surface area contributed by atoms with E-state index in [2.05, 4.69) is 10.4 Å². The first-order valence-electron chi connectivity index (χ1n) is 5.58. The van der Waals surface area contributed by atoms with Crippen LogP contribution in [0, 0.1) is 0 Å². The Hall–Kier alpha value is -2.33. The van der Waals surface area contributed by atoms with Crippen molar-refractivity contribution in [1.29, 1.82) is 0 Å². The summed E-state index contributed by atoms with van der Waals surface area (Å²) in [4.78, 5) is 4.45. The summed E-state index contributed by atoms with van der Waals surface area (Å²) in [6, 6.07) is 17.2. The third kappa shape index (κ3) is 2.87. The number of hydrogen-bond acceptors (Lipinski definition) is 3. The summed E-state index contributed by atoms with van der Waals surface area (Å²) in [6.07, 6.45) is 0. The zero-order valence-electron chi connectivity index (χ0n) is 10.1. The van der Waals surface area contributed by atoms with E-state index in [0.717, 1.165) is 17.0 Å². The molecule has 0 amide bonds. The molecular weight excluding hydrogens is 226 g/mol. The summed E-state index contributed by atoms with van der Waals surface area (Å²) in [5.74, 6) is 6.89. The summed E-state index contributed by atoms with van der Waals surface area (Å²) < 4.78 is 5.18. The van der Waals surface area contributed by atoms with Crippen LogP contribution in [-0.2, 0) is 0 Å². The first-order chi connectivity index (χ1) is 8.83. The molecule has 2 aromatic carbocycles. The first kappa shape index (κ1) is 12.1. The molecule has 0 heterocycles. The molecule has 0 saturated carbocycles. The number of benzene rings is 2. The zero-order chi connectivity index (χ0) is 12.8. The van der Waals surface area contributed by atoms with Crippen molar-refractivity contribution in [3.8, 4) is 5.75 Å². The zero-order valence-corrected chi connectivity index (χ0v) is 10.1. The number of aliphatic imine (C=N–C) groups is 1. The van der Waals surface area contributed by atoms with Crippen molar-refractivity contribution in [2.24, 2.45) is 10.8 Å². The molecule has 2 rings (SSSR count). The molecule has 0 unspecified atom stereocenters. The summed E-state index contributed by atoms with van der Waals surface area (Å²) in [5.41, 5.74) is 4.33. The smallest absolute Gasteiger partial charge is 0.148 e. The monoisotopic (exact) mass is 241 g/mol. The molecule has 92 valence electrons. The second-order valence-corrected chi connectivity index (χ2v) is 3.67. The van der Waals surface area contributed by atoms with Gasteiger partial charge in [-0.1, -0.05) is 30.3 Å². The van der Waals surface area contributed by atoms with Crippen molar-refractivity contribution in [2.75, 3.05) is 7.11 Å².